The van der Waals surface area contributed by atoms with Crippen LogP contribution in [-0.2, 0) is 6.42 Å². The molecule has 1 aromatic heterocycles. The minimum atomic E-state index is 0.124. The Kier molecular flexibility index (Phi) is 5.53. The quantitative estimate of drug-likeness (QED) is 0.843. The van der Waals surface area contributed by atoms with Crippen molar-refractivity contribution in [1.82, 2.24) is 9.59 Å². The lowest BCUT2D eigenvalue weighted by Crippen LogP contribution is -2.12. The molecule has 4 heteroatoms. The van der Waals surface area contributed by atoms with Gasteiger partial charge in [0.1, 0.15) is 0 Å². The second kappa shape index (κ2) is 6.45. The number of hydrogen-bond acceptors (Lipinski definition) is 4. The number of nitrogens with zero attached hydrogens (tertiary/aromatic N) is 2. The van der Waals surface area contributed by atoms with E-state index < -0.39 is 0 Å². The number of aromatic nitrogens is 2. The normalized spacial score (nSPS) is 13.9. The zero-order valence-electron chi connectivity index (χ0n) is 11.5. The average molecular weight is 255 g/mol. The molecular formula is C13H25N3S. The van der Waals surface area contributed by atoms with Gasteiger partial charge in [-0.2, -0.15) is 0 Å². The summed E-state index contributed by atoms with van der Waals surface area (Å²) in [5.74, 6) is 0. The Morgan fingerprint density at radius 1 is 1.35 bits per heavy atom. The predicted molar refractivity (Wildman–Crippen MR) is 74.1 cm³/mol. The van der Waals surface area contributed by atoms with E-state index in [1.54, 1.807) is 0 Å². The maximum absolute atomic E-state index is 6.23. The summed E-state index contributed by atoms with van der Waals surface area (Å²) in [6.45, 7) is 8.98. The molecule has 0 aliphatic heterocycles. The Balaban J connectivity index is 2.46. The first-order valence-electron chi connectivity index (χ1n) is 6.50. The van der Waals surface area contributed by atoms with Crippen molar-refractivity contribution in [3.63, 3.8) is 0 Å². The molecule has 98 valence electrons. The first-order valence-corrected chi connectivity index (χ1v) is 7.28. The summed E-state index contributed by atoms with van der Waals surface area (Å²) < 4.78 is 4.03. The average Bonchev–Trinajstić information content (AvgIpc) is 2.64. The summed E-state index contributed by atoms with van der Waals surface area (Å²) in [6.07, 6.45) is 5.54. The molecule has 0 aliphatic carbocycles. The van der Waals surface area contributed by atoms with Crippen LogP contribution in [0.2, 0.25) is 0 Å². The van der Waals surface area contributed by atoms with Crippen molar-refractivity contribution in [3.05, 3.63) is 10.6 Å². The first kappa shape index (κ1) is 14.6. The van der Waals surface area contributed by atoms with E-state index in [1.165, 1.54) is 29.3 Å². The molecule has 1 heterocycles. The predicted octanol–water partition coefficient (Wildman–Crippen LogP) is 3.71. The fourth-order valence-electron chi connectivity index (χ4n) is 1.89. The smallest absolute Gasteiger partial charge is 0.0803 e. The summed E-state index contributed by atoms with van der Waals surface area (Å²) in [4.78, 5) is 1.20. The Morgan fingerprint density at radius 2 is 2.06 bits per heavy atom. The lowest BCUT2D eigenvalue weighted by Gasteiger charge is -2.19. The molecule has 0 aromatic carbocycles. The van der Waals surface area contributed by atoms with E-state index in [-0.39, 0.29) is 6.04 Å². The number of rotatable bonds is 6. The van der Waals surface area contributed by atoms with Crippen molar-refractivity contribution in [2.24, 2.45) is 11.1 Å². The zero-order valence-corrected chi connectivity index (χ0v) is 12.3. The highest BCUT2D eigenvalue weighted by Gasteiger charge is 2.16. The van der Waals surface area contributed by atoms with Gasteiger partial charge >= 0.3 is 0 Å². The van der Waals surface area contributed by atoms with Crippen LogP contribution in [0.1, 0.15) is 70.0 Å². The third-order valence-electron chi connectivity index (χ3n) is 2.85. The molecular weight excluding hydrogens is 230 g/mol. The molecule has 1 rings (SSSR count). The van der Waals surface area contributed by atoms with Crippen molar-refractivity contribution in [2.75, 3.05) is 0 Å². The van der Waals surface area contributed by atoms with Crippen LogP contribution < -0.4 is 5.73 Å². The molecule has 2 N–H and O–H groups in total. The molecule has 0 fully saturated rings. The van der Waals surface area contributed by atoms with Gasteiger partial charge in [0, 0.05) is 6.04 Å². The largest absolute Gasteiger partial charge is 0.323 e. The van der Waals surface area contributed by atoms with Crippen LogP contribution in [0.25, 0.3) is 0 Å². The van der Waals surface area contributed by atoms with Gasteiger partial charge in [-0.3, -0.25) is 0 Å². The fraction of sp³-hybridized carbons (Fsp3) is 0.846. The molecule has 3 nitrogen and oxygen atoms in total. The highest BCUT2D eigenvalue weighted by Crippen LogP contribution is 2.27. The highest BCUT2D eigenvalue weighted by atomic mass is 32.1. The van der Waals surface area contributed by atoms with E-state index in [2.05, 4.69) is 37.3 Å². The Hall–Kier alpha value is -0.480. The van der Waals surface area contributed by atoms with Gasteiger partial charge in [0.2, 0.25) is 0 Å². The van der Waals surface area contributed by atoms with Crippen LogP contribution in [-0.4, -0.2) is 9.59 Å². The third kappa shape index (κ3) is 5.13. The van der Waals surface area contributed by atoms with E-state index in [1.807, 2.05) is 0 Å². The Bertz CT molecular complexity index is 328. The van der Waals surface area contributed by atoms with Crippen molar-refractivity contribution in [1.29, 1.82) is 0 Å². The summed E-state index contributed by atoms with van der Waals surface area (Å²) >= 11 is 1.47. The maximum atomic E-state index is 6.23. The molecule has 0 saturated carbocycles. The molecule has 0 radical (unpaired) electrons. The second-order valence-electron chi connectivity index (χ2n) is 5.89. The van der Waals surface area contributed by atoms with Gasteiger partial charge in [-0.25, -0.2) is 0 Å². The molecule has 0 bridgehead atoms. The van der Waals surface area contributed by atoms with Crippen molar-refractivity contribution in [3.8, 4) is 0 Å². The van der Waals surface area contributed by atoms with Gasteiger partial charge < -0.3 is 5.73 Å². The highest BCUT2D eigenvalue weighted by molar-refractivity contribution is 7.05. The third-order valence-corrected chi connectivity index (χ3v) is 3.75. The minimum Gasteiger partial charge on any atom is -0.323 e. The van der Waals surface area contributed by atoms with Crippen molar-refractivity contribution < 1.29 is 0 Å². The number of hydrogen-bond donors (Lipinski definition) is 1. The van der Waals surface area contributed by atoms with E-state index in [4.69, 9.17) is 5.73 Å². The van der Waals surface area contributed by atoms with E-state index in [0.29, 0.717) is 5.41 Å². The minimum absolute atomic E-state index is 0.124. The van der Waals surface area contributed by atoms with Gasteiger partial charge in [0.25, 0.3) is 0 Å². The van der Waals surface area contributed by atoms with Crippen LogP contribution >= 0.6 is 11.5 Å². The summed E-state index contributed by atoms with van der Waals surface area (Å²) in [7, 11) is 0. The summed E-state index contributed by atoms with van der Waals surface area (Å²) in [5, 5.41) is 4.17. The lowest BCUT2D eigenvalue weighted by atomic mass is 9.89. The van der Waals surface area contributed by atoms with Gasteiger partial charge in [-0.05, 0) is 36.2 Å². The Morgan fingerprint density at radius 3 is 2.65 bits per heavy atom. The van der Waals surface area contributed by atoms with Crippen molar-refractivity contribution >= 4 is 11.5 Å². The number of aryl methyl sites for hydroxylation is 1. The van der Waals surface area contributed by atoms with Crippen LogP contribution in [0, 0.1) is 5.41 Å². The van der Waals surface area contributed by atoms with Crippen LogP contribution in [0.15, 0.2) is 0 Å². The van der Waals surface area contributed by atoms with Gasteiger partial charge in [-0.15, -0.1) is 5.10 Å². The number of nitrogens with two attached hydrogens (primary N) is 1. The van der Waals surface area contributed by atoms with E-state index in [0.717, 1.165) is 25.0 Å². The summed E-state index contributed by atoms with van der Waals surface area (Å²) in [5.41, 5.74) is 7.74. The fourth-order valence-corrected chi connectivity index (χ4v) is 2.62. The van der Waals surface area contributed by atoms with Gasteiger partial charge in [-0.1, -0.05) is 45.0 Å². The molecule has 0 spiro atoms. The summed E-state index contributed by atoms with van der Waals surface area (Å²) in [6, 6.07) is 0.124. The standard InChI is InChI=1S/C13H25N3S/c1-5-7-11-12(17-16-15-11)10(14)8-6-9-13(2,3)4/h10H,5-9,14H2,1-4H3. The molecule has 1 unspecified atom stereocenters. The molecule has 1 atom stereocenters. The Labute approximate surface area is 109 Å². The molecule has 0 saturated heterocycles. The second-order valence-corrected chi connectivity index (χ2v) is 6.68. The first-order chi connectivity index (χ1) is 7.94. The molecule has 0 amide bonds. The SMILES string of the molecule is CCCc1nnsc1C(N)CCCC(C)(C)C. The van der Waals surface area contributed by atoms with Gasteiger partial charge in [0.15, 0.2) is 0 Å². The van der Waals surface area contributed by atoms with Crippen LogP contribution in [0.3, 0.4) is 0 Å². The maximum Gasteiger partial charge on any atom is 0.0803 e. The monoisotopic (exact) mass is 255 g/mol. The van der Waals surface area contributed by atoms with E-state index in [9.17, 15) is 0 Å². The molecule has 0 aliphatic rings. The molecule has 17 heavy (non-hydrogen) atoms. The van der Waals surface area contributed by atoms with Crippen LogP contribution in [0.5, 0.6) is 0 Å². The molecule has 1 aromatic rings. The van der Waals surface area contributed by atoms with Gasteiger partial charge in [0.05, 0.1) is 10.6 Å². The topological polar surface area (TPSA) is 51.8 Å². The zero-order chi connectivity index (χ0) is 12.9. The van der Waals surface area contributed by atoms with Crippen molar-refractivity contribution in [2.45, 2.75) is 65.8 Å². The van der Waals surface area contributed by atoms with E-state index >= 15 is 0 Å². The van der Waals surface area contributed by atoms with Crippen LogP contribution in [0.4, 0.5) is 0 Å². The lowest BCUT2D eigenvalue weighted by molar-refractivity contribution is 0.353.